The predicted molar refractivity (Wildman–Crippen MR) is 49.0 cm³/mol. The van der Waals surface area contributed by atoms with Gasteiger partial charge in [-0.05, 0) is 7.05 Å². The molecule has 0 aromatic carbocycles. The Morgan fingerprint density at radius 3 is 2.09 bits per heavy atom. The third kappa shape index (κ3) is 4.01. The van der Waals surface area contributed by atoms with Crippen LogP contribution < -0.4 is 29.6 Å². The van der Waals surface area contributed by atoms with Gasteiger partial charge in [-0.3, -0.25) is 0 Å². The van der Waals surface area contributed by atoms with E-state index in [0.29, 0.717) is 4.32 Å². The number of likely N-dealkylation sites (N-methyl/N-ethyl adjacent to an activating group) is 1. The summed E-state index contributed by atoms with van der Waals surface area (Å²) in [4.78, 5) is 4.36. The van der Waals surface area contributed by atoms with Gasteiger partial charge in [-0.1, -0.05) is 4.32 Å². The van der Waals surface area contributed by atoms with Gasteiger partial charge < -0.3 is 34.6 Å². The van der Waals surface area contributed by atoms with Crippen LogP contribution in [0.15, 0.2) is 0 Å². The Morgan fingerprint density at radius 1 is 1.27 bits per heavy atom. The molecule has 0 spiro atoms. The molecule has 11 heavy (non-hydrogen) atoms. The van der Waals surface area contributed by atoms with Crippen LogP contribution in [0.5, 0.6) is 0 Å². The maximum absolute atomic E-state index is 4.88. The van der Waals surface area contributed by atoms with Crippen molar-refractivity contribution in [1.82, 2.24) is 9.80 Å². The maximum Gasteiger partial charge on any atom is 1.00 e. The molecule has 1 saturated heterocycles. The van der Waals surface area contributed by atoms with Gasteiger partial charge in [0.25, 0.3) is 0 Å². The minimum atomic E-state index is 0. The fourth-order valence-electron chi connectivity index (χ4n) is 0.989. The van der Waals surface area contributed by atoms with Gasteiger partial charge in [-0.25, -0.2) is 0 Å². The van der Waals surface area contributed by atoms with Crippen LogP contribution in [-0.2, 0) is 12.6 Å². The molecule has 5 heteroatoms. The Hall–Kier alpha value is 1.07. The van der Waals surface area contributed by atoms with Crippen LogP contribution in [0.1, 0.15) is 0 Å². The molecule has 1 aliphatic heterocycles. The fourth-order valence-corrected chi connectivity index (χ4v) is 1.35. The zero-order chi connectivity index (χ0) is 7.56. The molecule has 0 saturated carbocycles. The molecular weight excluding hydrogens is 187 g/mol. The quantitative estimate of drug-likeness (QED) is 0.233. The van der Waals surface area contributed by atoms with Gasteiger partial charge in [0.1, 0.15) is 0 Å². The summed E-state index contributed by atoms with van der Waals surface area (Å²) in [6, 6.07) is 0. The maximum atomic E-state index is 4.88. The van der Waals surface area contributed by atoms with E-state index in [9.17, 15) is 0 Å². The summed E-state index contributed by atoms with van der Waals surface area (Å²) in [7, 11) is 2.11. The summed E-state index contributed by atoms with van der Waals surface area (Å²) in [6.45, 7) is 4.16. The molecule has 0 aromatic rings. The minimum absolute atomic E-state index is 0. The normalized spacial score (nSPS) is 19.2. The number of nitrogens with zero attached hydrogens (tertiary/aromatic N) is 2. The monoisotopic (exact) mass is 198 g/mol. The van der Waals surface area contributed by atoms with Crippen molar-refractivity contribution in [2.45, 2.75) is 0 Å². The molecule has 0 aliphatic carbocycles. The van der Waals surface area contributed by atoms with Gasteiger partial charge in [0.2, 0.25) is 0 Å². The molecule has 1 fully saturated rings. The zero-order valence-corrected chi connectivity index (χ0v) is 10.7. The van der Waals surface area contributed by atoms with Crippen LogP contribution in [0.3, 0.4) is 0 Å². The third-order valence-electron chi connectivity index (χ3n) is 1.76. The summed E-state index contributed by atoms with van der Waals surface area (Å²) < 4.78 is 0.619. The van der Waals surface area contributed by atoms with Crippen LogP contribution in [0.4, 0.5) is 0 Å². The van der Waals surface area contributed by atoms with Crippen LogP contribution >= 0.6 is 12.2 Å². The molecule has 0 aromatic heterocycles. The first-order valence-electron chi connectivity index (χ1n) is 3.34. The van der Waals surface area contributed by atoms with Crippen molar-refractivity contribution >= 4 is 29.2 Å². The van der Waals surface area contributed by atoms with E-state index in [0.717, 1.165) is 26.2 Å². The molecule has 0 unspecified atom stereocenters. The molecule has 1 heterocycles. The number of hydrogen-bond acceptors (Lipinski definition) is 3. The molecule has 1 aliphatic rings. The van der Waals surface area contributed by atoms with Gasteiger partial charge >= 0.3 is 29.6 Å². The van der Waals surface area contributed by atoms with Gasteiger partial charge in [0, 0.05) is 26.2 Å². The largest absolute Gasteiger partial charge is 1.00 e. The summed E-state index contributed by atoms with van der Waals surface area (Å²) in [5, 5.41) is 0. The predicted octanol–water partition coefficient (Wildman–Crippen LogP) is -2.93. The molecular formula is C6H11N2NaS2. The summed E-state index contributed by atoms with van der Waals surface area (Å²) in [6.07, 6.45) is 0. The Labute approximate surface area is 101 Å². The average molecular weight is 198 g/mol. The van der Waals surface area contributed by atoms with E-state index in [1.807, 2.05) is 0 Å². The van der Waals surface area contributed by atoms with E-state index in [4.69, 9.17) is 24.8 Å². The number of hydrogen-bond donors (Lipinski definition) is 0. The van der Waals surface area contributed by atoms with Crippen molar-refractivity contribution in [3.8, 4) is 0 Å². The summed E-state index contributed by atoms with van der Waals surface area (Å²) in [5.41, 5.74) is 0. The molecule has 0 radical (unpaired) electrons. The molecule has 2 nitrogen and oxygen atoms in total. The first-order valence-corrected chi connectivity index (χ1v) is 4.16. The second-order valence-electron chi connectivity index (χ2n) is 2.56. The number of thiocarbonyl (C=S) groups is 1. The van der Waals surface area contributed by atoms with Gasteiger partial charge in [0.05, 0.1) is 0 Å². The third-order valence-corrected chi connectivity index (χ3v) is 2.28. The number of rotatable bonds is 0. The van der Waals surface area contributed by atoms with Crippen molar-refractivity contribution in [2.75, 3.05) is 33.2 Å². The Kier molecular flexibility index (Phi) is 6.22. The van der Waals surface area contributed by atoms with Crippen LogP contribution in [0.2, 0.25) is 0 Å². The molecule has 0 amide bonds. The topological polar surface area (TPSA) is 6.48 Å². The second kappa shape index (κ2) is 5.67. The van der Waals surface area contributed by atoms with Crippen molar-refractivity contribution in [1.29, 1.82) is 0 Å². The van der Waals surface area contributed by atoms with Crippen molar-refractivity contribution in [3.63, 3.8) is 0 Å². The van der Waals surface area contributed by atoms with Crippen molar-refractivity contribution < 1.29 is 29.6 Å². The molecule has 0 N–H and O–H groups in total. The van der Waals surface area contributed by atoms with Crippen LogP contribution in [-0.4, -0.2) is 47.3 Å². The van der Waals surface area contributed by atoms with E-state index >= 15 is 0 Å². The first kappa shape index (κ1) is 12.1. The second-order valence-corrected chi connectivity index (χ2v) is 3.59. The zero-order valence-electron chi connectivity index (χ0n) is 7.04. The molecule has 0 bridgehead atoms. The van der Waals surface area contributed by atoms with E-state index < -0.39 is 0 Å². The molecule has 0 atom stereocenters. The van der Waals surface area contributed by atoms with Gasteiger partial charge in [-0.2, -0.15) is 0 Å². The Morgan fingerprint density at radius 2 is 1.73 bits per heavy atom. The first-order chi connectivity index (χ1) is 4.70. The van der Waals surface area contributed by atoms with E-state index in [-0.39, 0.29) is 29.6 Å². The molecule has 58 valence electrons. The Balaban J connectivity index is 0.000001000. The minimum Gasteiger partial charge on any atom is -0.411 e. The molecule has 1 rings (SSSR count). The van der Waals surface area contributed by atoms with E-state index in [2.05, 4.69) is 16.8 Å². The summed E-state index contributed by atoms with van der Waals surface area (Å²) in [5.74, 6) is 0. The van der Waals surface area contributed by atoms with Crippen molar-refractivity contribution in [2.24, 2.45) is 0 Å². The number of piperazine rings is 1. The SMILES string of the molecule is CN1CCN(C(=S)[S-])CC1.[Na+]. The summed E-state index contributed by atoms with van der Waals surface area (Å²) >= 11 is 9.75. The van der Waals surface area contributed by atoms with Crippen LogP contribution in [0, 0.1) is 0 Å². The van der Waals surface area contributed by atoms with Crippen LogP contribution in [0.25, 0.3) is 0 Å². The van der Waals surface area contributed by atoms with Gasteiger partial charge in [0.15, 0.2) is 0 Å². The van der Waals surface area contributed by atoms with Gasteiger partial charge in [-0.15, -0.1) is 0 Å². The fraction of sp³-hybridized carbons (Fsp3) is 0.833. The van der Waals surface area contributed by atoms with Crippen molar-refractivity contribution in [3.05, 3.63) is 0 Å². The standard InChI is InChI=1S/C6H12N2S2.Na/c1-7-2-4-8(5-3-7)6(9)10;/h2-5H2,1H3,(H,9,10);/q;+1/p-1. The van der Waals surface area contributed by atoms with E-state index in [1.165, 1.54) is 0 Å². The smallest absolute Gasteiger partial charge is 0.411 e. The Bertz CT molecular complexity index is 135. The average Bonchev–Trinajstić information content (AvgIpc) is 1.88. The van der Waals surface area contributed by atoms with E-state index in [1.54, 1.807) is 0 Å².